The molecule has 0 saturated carbocycles. The Morgan fingerprint density at radius 3 is 2.41 bits per heavy atom. The van der Waals surface area contributed by atoms with E-state index in [0.717, 1.165) is 11.3 Å². The van der Waals surface area contributed by atoms with Gasteiger partial charge in [0.15, 0.2) is 5.13 Å². The van der Waals surface area contributed by atoms with Crippen molar-refractivity contribution in [3.05, 3.63) is 35.2 Å². The van der Waals surface area contributed by atoms with Crippen LogP contribution in [-0.2, 0) is 16.0 Å². The van der Waals surface area contributed by atoms with Crippen molar-refractivity contribution in [2.24, 2.45) is 0 Å². The van der Waals surface area contributed by atoms with Gasteiger partial charge in [-0.15, -0.1) is 11.3 Å². The highest BCUT2D eigenvalue weighted by Crippen LogP contribution is 2.26. The third-order valence-corrected chi connectivity index (χ3v) is 3.34. The molecule has 0 aliphatic heterocycles. The SMILES string of the molecule is O=C(O)Cc1ccc(-c2csc(NC(=O)C(F)(F)F)n2)cc1. The summed E-state index contributed by atoms with van der Waals surface area (Å²) in [5, 5.41) is 11.7. The second-order valence-electron chi connectivity index (χ2n) is 4.26. The molecule has 2 N–H and O–H groups in total. The molecule has 0 aliphatic rings. The number of aromatic nitrogens is 1. The second-order valence-corrected chi connectivity index (χ2v) is 5.12. The molecule has 0 spiro atoms. The molecule has 9 heteroatoms. The Labute approximate surface area is 126 Å². The molecule has 0 fully saturated rings. The average Bonchev–Trinajstić information content (AvgIpc) is 2.86. The normalized spacial score (nSPS) is 11.2. The van der Waals surface area contributed by atoms with Gasteiger partial charge in [-0.25, -0.2) is 4.98 Å². The summed E-state index contributed by atoms with van der Waals surface area (Å²) in [4.78, 5) is 25.3. The van der Waals surface area contributed by atoms with Crippen LogP contribution in [0.25, 0.3) is 11.3 Å². The highest BCUT2D eigenvalue weighted by Gasteiger charge is 2.39. The molecule has 0 aliphatic carbocycles. The Balaban J connectivity index is 2.11. The number of carbonyl (C=O) groups is 2. The molecule has 22 heavy (non-hydrogen) atoms. The van der Waals surface area contributed by atoms with E-state index in [1.165, 1.54) is 5.38 Å². The Hall–Kier alpha value is -2.42. The van der Waals surface area contributed by atoms with Crippen molar-refractivity contribution < 1.29 is 27.9 Å². The number of hydrogen-bond donors (Lipinski definition) is 2. The molecular formula is C13H9F3N2O3S. The molecular weight excluding hydrogens is 321 g/mol. The fourth-order valence-corrected chi connectivity index (χ4v) is 2.31. The first kappa shape index (κ1) is 16.0. The zero-order valence-electron chi connectivity index (χ0n) is 10.8. The zero-order chi connectivity index (χ0) is 16.3. The molecule has 0 bridgehead atoms. The van der Waals surface area contributed by atoms with E-state index in [9.17, 15) is 22.8 Å². The Kier molecular flexibility index (Phi) is 4.45. The van der Waals surface area contributed by atoms with Crippen LogP contribution in [0.4, 0.5) is 18.3 Å². The number of carbonyl (C=O) groups excluding carboxylic acids is 1. The maximum atomic E-state index is 12.1. The van der Waals surface area contributed by atoms with Gasteiger partial charge in [-0.2, -0.15) is 13.2 Å². The Morgan fingerprint density at radius 2 is 1.86 bits per heavy atom. The number of carboxylic acids is 1. The smallest absolute Gasteiger partial charge is 0.471 e. The summed E-state index contributed by atoms with van der Waals surface area (Å²) in [6.07, 6.45) is -5.09. The van der Waals surface area contributed by atoms with Crippen molar-refractivity contribution >= 4 is 28.3 Å². The van der Waals surface area contributed by atoms with Gasteiger partial charge in [-0.1, -0.05) is 24.3 Å². The van der Waals surface area contributed by atoms with Crippen molar-refractivity contribution in [1.82, 2.24) is 4.98 Å². The number of alkyl halides is 3. The summed E-state index contributed by atoms with van der Waals surface area (Å²) in [5.74, 6) is -3.04. The van der Waals surface area contributed by atoms with Crippen LogP contribution in [0, 0.1) is 0 Å². The van der Waals surface area contributed by atoms with Crippen LogP contribution in [-0.4, -0.2) is 28.1 Å². The molecule has 0 unspecified atom stereocenters. The second kappa shape index (κ2) is 6.14. The van der Waals surface area contributed by atoms with Crippen LogP contribution in [0.5, 0.6) is 0 Å². The van der Waals surface area contributed by atoms with E-state index in [0.29, 0.717) is 16.8 Å². The van der Waals surface area contributed by atoms with E-state index < -0.39 is 18.1 Å². The van der Waals surface area contributed by atoms with Gasteiger partial charge >= 0.3 is 18.1 Å². The lowest BCUT2D eigenvalue weighted by Gasteiger charge is -2.04. The number of hydrogen-bond acceptors (Lipinski definition) is 4. The Morgan fingerprint density at radius 1 is 1.23 bits per heavy atom. The number of rotatable bonds is 4. The minimum absolute atomic E-state index is 0.121. The van der Waals surface area contributed by atoms with Crippen LogP contribution < -0.4 is 5.32 Å². The molecule has 116 valence electrons. The van der Waals surface area contributed by atoms with Gasteiger partial charge in [0, 0.05) is 10.9 Å². The predicted molar refractivity (Wildman–Crippen MR) is 73.6 cm³/mol. The number of benzene rings is 1. The monoisotopic (exact) mass is 330 g/mol. The summed E-state index contributed by atoms with van der Waals surface area (Å²) in [6.45, 7) is 0. The van der Waals surface area contributed by atoms with Crippen LogP contribution in [0.2, 0.25) is 0 Å². The van der Waals surface area contributed by atoms with Crippen molar-refractivity contribution in [3.8, 4) is 11.3 Å². The minimum Gasteiger partial charge on any atom is -0.481 e. The fraction of sp³-hybridized carbons (Fsp3) is 0.154. The van der Waals surface area contributed by atoms with E-state index in [4.69, 9.17) is 5.11 Å². The van der Waals surface area contributed by atoms with Gasteiger partial charge in [0.25, 0.3) is 0 Å². The quantitative estimate of drug-likeness (QED) is 0.903. The molecule has 2 rings (SSSR count). The number of nitrogens with zero attached hydrogens (tertiary/aromatic N) is 1. The highest BCUT2D eigenvalue weighted by molar-refractivity contribution is 7.14. The van der Waals surface area contributed by atoms with E-state index in [2.05, 4.69) is 4.98 Å². The zero-order valence-corrected chi connectivity index (χ0v) is 11.7. The molecule has 2 aromatic rings. The maximum Gasteiger partial charge on any atom is 0.471 e. The molecule has 1 aromatic heterocycles. The molecule has 0 saturated heterocycles. The molecule has 5 nitrogen and oxygen atoms in total. The first-order valence-corrected chi connectivity index (χ1v) is 6.78. The summed E-state index contributed by atoms with van der Waals surface area (Å²) < 4.78 is 36.4. The first-order chi connectivity index (χ1) is 10.3. The molecule has 0 atom stereocenters. The van der Waals surface area contributed by atoms with Gasteiger partial charge in [0.1, 0.15) is 0 Å². The van der Waals surface area contributed by atoms with E-state index in [-0.39, 0.29) is 11.6 Å². The topological polar surface area (TPSA) is 79.3 Å². The van der Waals surface area contributed by atoms with Gasteiger partial charge in [0.2, 0.25) is 0 Å². The predicted octanol–water partition coefficient (Wildman–Crippen LogP) is 2.94. The number of amides is 1. The van der Waals surface area contributed by atoms with Crippen LogP contribution in [0.1, 0.15) is 5.56 Å². The third-order valence-electron chi connectivity index (χ3n) is 2.59. The lowest BCUT2D eigenvalue weighted by molar-refractivity contribution is -0.167. The maximum absolute atomic E-state index is 12.1. The average molecular weight is 330 g/mol. The third kappa shape index (κ3) is 4.04. The minimum atomic E-state index is -4.97. The summed E-state index contributed by atoms with van der Waals surface area (Å²) >= 11 is 0.867. The summed E-state index contributed by atoms with van der Waals surface area (Å²) in [5.41, 5.74) is 1.60. The standard InChI is InChI=1S/C13H9F3N2O3S/c14-13(15,16)11(21)18-12-17-9(6-22-12)8-3-1-7(2-4-8)5-10(19)20/h1-4,6H,5H2,(H,19,20)(H,17,18,21). The van der Waals surface area contributed by atoms with Gasteiger partial charge in [0.05, 0.1) is 12.1 Å². The number of carboxylic acid groups (broad SMARTS) is 1. The van der Waals surface area contributed by atoms with E-state index >= 15 is 0 Å². The summed E-state index contributed by atoms with van der Waals surface area (Å²) in [7, 11) is 0. The molecule has 0 radical (unpaired) electrons. The number of aliphatic carboxylic acids is 1. The van der Waals surface area contributed by atoms with Crippen molar-refractivity contribution in [2.75, 3.05) is 5.32 Å². The van der Waals surface area contributed by atoms with Gasteiger partial charge in [-0.3, -0.25) is 14.9 Å². The highest BCUT2D eigenvalue weighted by atomic mass is 32.1. The largest absolute Gasteiger partial charge is 0.481 e. The number of thiazole rings is 1. The van der Waals surface area contributed by atoms with Crippen LogP contribution >= 0.6 is 11.3 Å². The van der Waals surface area contributed by atoms with Crippen LogP contribution in [0.15, 0.2) is 29.6 Å². The number of nitrogens with one attached hydrogen (secondary N) is 1. The van der Waals surface area contributed by atoms with E-state index in [1.54, 1.807) is 29.6 Å². The first-order valence-electron chi connectivity index (χ1n) is 5.90. The van der Waals surface area contributed by atoms with Crippen molar-refractivity contribution in [2.45, 2.75) is 12.6 Å². The van der Waals surface area contributed by atoms with Gasteiger partial charge in [-0.05, 0) is 5.56 Å². The molecule has 1 aromatic carbocycles. The molecule has 1 amide bonds. The number of halogens is 3. The summed E-state index contributed by atoms with van der Waals surface area (Å²) in [6, 6.07) is 6.42. The number of anilines is 1. The Bertz CT molecular complexity index is 695. The van der Waals surface area contributed by atoms with Crippen molar-refractivity contribution in [3.63, 3.8) is 0 Å². The van der Waals surface area contributed by atoms with Crippen LogP contribution in [0.3, 0.4) is 0 Å². The van der Waals surface area contributed by atoms with E-state index in [1.807, 2.05) is 0 Å². The lowest BCUT2D eigenvalue weighted by atomic mass is 10.1. The fourth-order valence-electron chi connectivity index (χ4n) is 1.60. The van der Waals surface area contributed by atoms with Gasteiger partial charge < -0.3 is 5.11 Å². The van der Waals surface area contributed by atoms with Crippen molar-refractivity contribution in [1.29, 1.82) is 0 Å². The molecule has 1 heterocycles. The lowest BCUT2D eigenvalue weighted by Crippen LogP contribution is -2.29.